The zero-order valence-electron chi connectivity index (χ0n) is 14.3. The van der Waals surface area contributed by atoms with E-state index in [0.29, 0.717) is 6.04 Å². The molecule has 24 heavy (non-hydrogen) atoms. The van der Waals surface area contributed by atoms with Gasteiger partial charge in [0.25, 0.3) is 0 Å². The summed E-state index contributed by atoms with van der Waals surface area (Å²) < 4.78 is 0. The van der Waals surface area contributed by atoms with Gasteiger partial charge in [0, 0.05) is 32.2 Å². The second-order valence-electron chi connectivity index (χ2n) is 7.99. The van der Waals surface area contributed by atoms with Crippen LogP contribution in [0.15, 0.2) is 12.2 Å². The molecule has 0 unspecified atom stereocenters. The topological polar surface area (TPSA) is 60.9 Å². The minimum absolute atomic E-state index is 0.0602. The van der Waals surface area contributed by atoms with Crippen molar-refractivity contribution in [1.82, 2.24) is 9.80 Å². The Morgan fingerprint density at radius 3 is 2.12 bits per heavy atom. The van der Waals surface area contributed by atoms with Gasteiger partial charge in [-0.2, -0.15) is 0 Å². The second-order valence-corrected chi connectivity index (χ2v) is 7.99. The van der Waals surface area contributed by atoms with Gasteiger partial charge in [-0.1, -0.05) is 31.4 Å². The lowest BCUT2D eigenvalue weighted by molar-refractivity contribution is -0.151. The molecule has 0 spiro atoms. The van der Waals surface area contributed by atoms with Crippen LogP contribution in [0.2, 0.25) is 0 Å². The van der Waals surface area contributed by atoms with Crippen molar-refractivity contribution in [3.8, 4) is 0 Å². The summed E-state index contributed by atoms with van der Waals surface area (Å²) in [5.74, 6) is -1.36. The third-order valence-corrected chi connectivity index (χ3v) is 6.75. The van der Waals surface area contributed by atoms with E-state index < -0.39 is 11.9 Å². The number of allylic oxidation sites excluding steroid dienone is 2. The lowest BCUT2D eigenvalue weighted by atomic mass is 9.82. The minimum Gasteiger partial charge on any atom is -0.481 e. The van der Waals surface area contributed by atoms with Gasteiger partial charge in [0.15, 0.2) is 0 Å². The molecule has 3 fully saturated rings. The SMILES string of the molecule is O=C(O)[C@@H]1[C@@H](C(=O)N2CCN(C3CCCCC3)CC2)[C@H]2C=C[C@H]1C2. The first-order chi connectivity index (χ1) is 11.6. The Morgan fingerprint density at radius 1 is 0.875 bits per heavy atom. The van der Waals surface area contributed by atoms with Gasteiger partial charge in [-0.3, -0.25) is 14.5 Å². The summed E-state index contributed by atoms with van der Waals surface area (Å²) in [7, 11) is 0. The van der Waals surface area contributed by atoms with Crippen LogP contribution in [0.3, 0.4) is 0 Å². The van der Waals surface area contributed by atoms with E-state index in [4.69, 9.17) is 0 Å². The first kappa shape index (κ1) is 16.1. The molecule has 2 saturated carbocycles. The Labute approximate surface area is 143 Å². The third-order valence-electron chi connectivity index (χ3n) is 6.75. The van der Waals surface area contributed by atoms with E-state index in [2.05, 4.69) is 11.0 Å². The van der Waals surface area contributed by atoms with Gasteiger partial charge in [0.05, 0.1) is 11.8 Å². The van der Waals surface area contributed by atoms with Gasteiger partial charge in [0.2, 0.25) is 5.91 Å². The maximum Gasteiger partial charge on any atom is 0.307 e. The van der Waals surface area contributed by atoms with Crippen LogP contribution in [0.1, 0.15) is 38.5 Å². The Morgan fingerprint density at radius 2 is 1.50 bits per heavy atom. The zero-order chi connectivity index (χ0) is 16.7. The van der Waals surface area contributed by atoms with Gasteiger partial charge in [0.1, 0.15) is 0 Å². The summed E-state index contributed by atoms with van der Waals surface area (Å²) in [5.41, 5.74) is 0. The summed E-state index contributed by atoms with van der Waals surface area (Å²) >= 11 is 0. The number of piperazine rings is 1. The quantitative estimate of drug-likeness (QED) is 0.803. The number of amides is 1. The number of aliphatic carboxylic acids is 1. The number of carbonyl (C=O) groups excluding carboxylic acids is 1. The fourth-order valence-electron chi connectivity index (χ4n) is 5.46. The Kier molecular flexibility index (Phi) is 4.37. The second kappa shape index (κ2) is 6.51. The average Bonchev–Trinajstić information content (AvgIpc) is 3.23. The molecule has 1 heterocycles. The van der Waals surface area contributed by atoms with Crippen LogP contribution in [0, 0.1) is 23.7 Å². The largest absolute Gasteiger partial charge is 0.481 e. The van der Waals surface area contributed by atoms with Crippen LogP contribution in [0.4, 0.5) is 0 Å². The third kappa shape index (κ3) is 2.77. The van der Waals surface area contributed by atoms with Gasteiger partial charge in [-0.05, 0) is 31.1 Å². The first-order valence-corrected chi connectivity index (χ1v) is 9.59. The minimum atomic E-state index is -0.800. The number of hydrogen-bond donors (Lipinski definition) is 1. The Bertz CT molecular complexity index is 533. The van der Waals surface area contributed by atoms with Crippen molar-refractivity contribution in [2.45, 2.75) is 44.6 Å². The van der Waals surface area contributed by atoms with Crippen molar-refractivity contribution in [2.24, 2.45) is 23.7 Å². The maximum absolute atomic E-state index is 13.0. The molecular weight excluding hydrogens is 304 g/mol. The van der Waals surface area contributed by atoms with Crippen molar-refractivity contribution >= 4 is 11.9 Å². The molecule has 1 amide bonds. The number of carboxylic acids is 1. The van der Waals surface area contributed by atoms with E-state index in [-0.39, 0.29) is 23.7 Å². The first-order valence-electron chi connectivity index (χ1n) is 9.59. The molecule has 5 nitrogen and oxygen atoms in total. The molecule has 0 aromatic heterocycles. The predicted octanol–water partition coefficient (Wildman–Crippen LogP) is 1.99. The van der Waals surface area contributed by atoms with E-state index in [1.165, 1.54) is 32.1 Å². The fraction of sp³-hybridized carbons (Fsp3) is 0.789. The highest BCUT2D eigenvalue weighted by Crippen LogP contribution is 2.48. The van der Waals surface area contributed by atoms with Crippen LogP contribution in [-0.2, 0) is 9.59 Å². The van der Waals surface area contributed by atoms with Crippen molar-refractivity contribution < 1.29 is 14.7 Å². The van der Waals surface area contributed by atoms with Gasteiger partial charge in [-0.15, -0.1) is 0 Å². The molecule has 0 aromatic rings. The monoisotopic (exact) mass is 332 g/mol. The normalized spacial score (nSPS) is 37.1. The lowest BCUT2D eigenvalue weighted by Gasteiger charge is -2.42. The molecule has 4 atom stereocenters. The Balaban J connectivity index is 1.38. The molecule has 1 N–H and O–H groups in total. The summed E-state index contributed by atoms with van der Waals surface area (Å²) in [6.45, 7) is 3.42. The molecule has 2 bridgehead atoms. The van der Waals surface area contributed by atoms with Crippen LogP contribution < -0.4 is 0 Å². The summed E-state index contributed by atoms with van der Waals surface area (Å²) in [6, 6.07) is 0.702. The smallest absolute Gasteiger partial charge is 0.307 e. The van der Waals surface area contributed by atoms with E-state index in [1.807, 2.05) is 11.0 Å². The molecule has 1 aliphatic heterocycles. The van der Waals surface area contributed by atoms with Crippen LogP contribution in [0.25, 0.3) is 0 Å². The van der Waals surface area contributed by atoms with Crippen molar-refractivity contribution in [1.29, 1.82) is 0 Å². The maximum atomic E-state index is 13.0. The van der Waals surface area contributed by atoms with Crippen molar-refractivity contribution in [3.05, 3.63) is 12.2 Å². The molecule has 4 rings (SSSR count). The summed E-state index contributed by atoms with van der Waals surface area (Å²) in [6.07, 6.45) is 11.6. The van der Waals surface area contributed by atoms with Crippen LogP contribution in [0.5, 0.6) is 0 Å². The number of rotatable bonds is 3. The molecule has 132 valence electrons. The summed E-state index contributed by atoms with van der Waals surface area (Å²) in [5, 5.41) is 9.55. The van der Waals surface area contributed by atoms with E-state index in [9.17, 15) is 14.7 Å². The van der Waals surface area contributed by atoms with Gasteiger partial charge < -0.3 is 10.0 Å². The molecule has 3 aliphatic carbocycles. The highest BCUT2D eigenvalue weighted by Gasteiger charge is 2.52. The zero-order valence-corrected chi connectivity index (χ0v) is 14.3. The number of nitrogens with zero attached hydrogens (tertiary/aromatic N) is 2. The molecule has 0 radical (unpaired) electrons. The number of carboxylic acid groups (broad SMARTS) is 1. The molecular formula is C19H28N2O3. The number of fused-ring (bicyclic) bond motifs is 2. The van der Waals surface area contributed by atoms with E-state index in [1.54, 1.807) is 0 Å². The van der Waals surface area contributed by atoms with Crippen molar-refractivity contribution in [2.75, 3.05) is 26.2 Å². The number of hydrogen-bond acceptors (Lipinski definition) is 3. The molecule has 0 aromatic carbocycles. The molecule has 4 aliphatic rings. The van der Waals surface area contributed by atoms with Gasteiger partial charge in [-0.25, -0.2) is 0 Å². The molecule has 5 heteroatoms. The summed E-state index contributed by atoms with van der Waals surface area (Å²) in [4.78, 5) is 29.1. The Hall–Kier alpha value is -1.36. The van der Waals surface area contributed by atoms with E-state index in [0.717, 1.165) is 32.6 Å². The fourth-order valence-corrected chi connectivity index (χ4v) is 5.46. The average molecular weight is 332 g/mol. The predicted molar refractivity (Wildman–Crippen MR) is 90.4 cm³/mol. The number of carbonyl (C=O) groups is 2. The molecule has 1 saturated heterocycles. The van der Waals surface area contributed by atoms with Gasteiger partial charge >= 0.3 is 5.97 Å². The van der Waals surface area contributed by atoms with Crippen LogP contribution >= 0.6 is 0 Å². The lowest BCUT2D eigenvalue weighted by Crippen LogP contribution is -2.54. The highest BCUT2D eigenvalue weighted by atomic mass is 16.4. The van der Waals surface area contributed by atoms with E-state index >= 15 is 0 Å². The standard InChI is InChI=1S/C19H28N2O3/c22-18(16-13-6-7-14(12-13)17(16)19(23)24)21-10-8-20(9-11-21)15-4-2-1-3-5-15/h6-7,13-17H,1-5,8-12H2,(H,23,24)/t13-,14-,16-,17-/m0/s1. The van der Waals surface area contributed by atoms with Crippen LogP contribution in [-0.4, -0.2) is 59.0 Å². The highest BCUT2D eigenvalue weighted by molar-refractivity contribution is 5.87. The van der Waals surface area contributed by atoms with Crippen molar-refractivity contribution in [3.63, 3.8) is 0 Å².